The number of benzene rings is 1. The fraction of sp³-hybridized carbons (Fsp3) is 0.522. The van der Waals surface area contributed by atoms with Gasteiger partial charge in [0.25, 0.3) is 0 Å². The molecule has 0 spiro atoms. The van der Waals surface area contributed by atoms with Gasteiger partial charge in [-0.15, -0.1) is 11.3 Å². The molecule has 0 amide bonds. The normalized spacial score (nSPS) is 18.9. The fourth-order valence-corrected chi connectivity index (χ4v) is 4.68. The van der Waals surface area contributed by atoms with E-state index in [0.717, 1.165) is 37.8 Å². The van der Waals surface area contributed by atoms with Gasteiger partial charge in [-0.25, -0.2) is 4.39 Å². The minimum Gasteiger partial charge on any atom is -0.376 e. The molecule has 3 rings (SSSR count). The molecule has 0 saturated carbocycles. The maximum absolute atomic E-state index is 14.0. The molecule has 1 aromatic heterocycles. The van der Waals surface area contributed by atoms with Crippen molar-refractivity contribution in [3.63, 3.8) is 0 Å². The summed E-state index contributed by atoms with van der Waals surface area (Å²) in [5.41, 5.74) is 1.73. The van der Waals surface area contributed by atoms with Crippen LogP contribution in [0.4, 0.5) is 4.39 Å². The zero-order valence-electron chi connectivity index (χ0n) is 18.9. The van der Waals surface area contributed by atoms with Crippen molar-refractivity contribution in [2.45, 2.75) is 32.2 Å². The van der Waals surface area contributed by atoms with Crippen LogP contribution >= 0.6 is 11.3 Å². The number of nitrogens with zero attached hydrogens (tertiary/aromatic N) is 3. The quantitative estimate of drug-likeness (QED) is 0.481. The topological polar surface area (TPSA) is 52.1 Å². The molecular formula is C23H34FN5OS. The zero-order valence-corrected chi connectivity index (χ0v) is 19.7. The Balaban J connectivity index is 1.60. The van der Waals surface area contributed by atoms with Gasteiger partial charge in [0.15, 0.2) is 5.96 Å². The summed E-state index contributed by atoms with van der Waals surface area (Å²) in [5, 5.41) is 8.96. The molecule has 2 heterocycles. The lowest BCUT2D eigenvalue weighted by Gasteiger charge is -2.37. The van der Waals surface area contributed by atoms with Crippen LogP contribution in [0.1, 0.15) is 29.0 Å². The van der Waals surface area contributed by atoms with Gasteiger partial charge in [-0.1, -0.05) is 12.1 Å². The average molecular weight is 448 g/mol. The number of thiophene rings is 1. The molecule has 1 fully saturated rings. The summed E-state index contributed by atoms with van der Waals surface area (Å²) in [6.07, 6.45) is 0.239. The van der Waals surface area contributed by atoms with Gasteiger partial charge in [-0.2, -0.15) is 0 Å². The number of ether oxygens (including phenoxy) is 1. The van der Waals surface area contributed by atoms with Gasteiger partial charge in [0, 0.05) is 50.2 Å². The highest BCUT2D eigenvalue weighted by Crippen LogP contribution is 2.26. The van der Waals surface area contributed by atoms with E-state index in [1.165, 1.54) is 4.88 Å². The second-order valence-corrected chi connectivity index (χ2v) is 9.16. The zero-order chi connectivity index (χ0) is 22.2. The first kappa shape index (κ1) is 23.7. The first-order valence-electron chi connectivity index (χ1n) is 10.7. The Morgan fingerprint density at radius 2 is 2.19 bits per heavy atom. The van der Waals surface area contributed by atoms with Crippen LogP contribution in [0.15, 0.2) is 40.7 Å². The fourth-order valence-electron chi connectivity index (χ4n) is 3.82. The largest absolute Gasteiger partial charge is 0.376 e. The molecule has 2 unspecified atom stereocenters. The lowest BCUT2D eigenvalue weighted by Crippen LogP contribution is -2.47. The van der Waals surface area contributed by atoms with Gasteiger partial charge < -0.3 is 20.3 Å². The summed E-state index contributed by atoms with van der Waals surface area (Å²) >= 11 is 1.78. The molecule has 2 aromatic rings. The van der Waals surface area contributed by atoms with E-state index in [1.807, 2.05) is 31.1 Å². The van der Waals surface area contributed by atoms with Crippen LogP contribution in [0.3, 0.4) is 0 Å². The van der Waals surface area contributed by atoms with Gasteiger partial charge in [-0.05, 0) is 50.2 Å². The van der Waals surface area contributed by atoms with Crippen molar-refractivity contribution in [1.29, 1.82) is 0 Å². The van der Waals surface area contributed by atoms with Gasteiger partial charge >= 0.3 is 0 Å². The van der Waals surface area contributed by atoms with E-state index in [2.05, 4.69) is 45.0 Å². The van der Waals surface area contributed by atoms with Crippen molar-refractivity contribution >= 4 is 17.3 Å². The van der Waals surface area contributed by atoms with E-state index in [4.69, 9.17) is 4.74 Å². The van der Waals surface area contributed by atoms with Crippen LogP contribution in [0.2, 0.25) is 0 Å². The number of hydrogen-bond acceptors (Lipinski definition) is 5. The molecule has 1 aliphatic rings. The SMILES string of the molecule is CN=C(NCc1ccc(F)c(CN(C)C)c1)NCC(c1cccs1)N1CCOC(C)C1. The lowest BCUT2D eigenvalue weighted by molar-refractivity contribution is -0.0334. The van der Waals surface area contributed by atoms with Crippen LogP contribution in [0.25, 0.3) is 0 Å². The number of hydrogen-bond donors (Lipinski definition) is 2. The summed E-state index contributed by atoms with van der Waals surface area (Å²) in [6.45, 7) is 6.63. The molecule has 2 N–H and O–H groups in total. The predicted molar refractivity (Wildman–Crippen MR) is 126 cm³/mol. The number of morpholine rings is 1. The summed E-state index contributed by atoms with van der Waals surface area (Å²) < 4.78 is 19.8. The Morgan fingerprint density at radius 3 is 2.87 bits per heavy atom. The van der Waals surface area contributed by atoms with E-state index >= 15 is 0 Å². The molecule has 0 radical (unpaired) electrons. The van der Waals surface area contributed by atoms with Gasteiger partial charge in [-0.3, -0.25) is 9.89 Å². The molecule has 1 saturated heterocycles. The second-order valence-electron chi connectivity index (χ2n) is 8.18. The van der Waals surface area contributed by atoms with Crippen molar-refractivity contribution in [3.8, 4) is 0 Å². The molecule has 1 aromatic carbocycles. The lowest BCUT2D eigenvalue weighted by atomic mass is 10.1. The predicted octanol–water partition coefficient (Wildman–Crippen LogP) is 3.08. The van der Waals surface area contributed by atoms with E-state index in [9.17, 15) is 4.39 Å². The third-order valence-corrected chi connectivity index (χ3v) is 6.30. The van der Waals surface area contributed by atoms with Gasteiger partial charge in [0.05, 0.1) is 18.8 Å². The van der Waals surface area contributed by atoms with Crippen molar-refractivity contribution in [2.24, 2.45) is 4.99 Å². The number of aliphatic imine (C=N–C) groups is 1. The molecule has 0 aliphatic carbocycles. The summed E-state index contributed by atoms with van der Waals surface area (Å²) in [5.74, 6) is 0.569. The summed E-state index contributed by atoms with van der Waals surface area (Å²) in [4.78, 5) is 10.2. The average Bonchev–Trinajstić information content (AvgIpc) is 3.27. The van der Waals surface area contributed by atoms with Crippen LogP contribution < -0.4 is 10.6 Å². The van der Waals surface area contributed by atoms with E-state index in [-0.39, 0.29) is 18.0 Å². The van der Waals surface area contributed by atoms with E-state index < -0.39 is 0 Å². The number of rotatable bonds is 8. The van der Waals surface area contributed by atoms with Crippen LogP contribution in [-0.4, -0.2) is 69.2 Å². The molecule has 1 aliphatic heterocycles. The van der Waals surface area contributed by atoms with Gasteiger partial charge in [0.1, 0.15) is 5.82 Å². The van der Waals surface area contributed by atoms with Gasteiger partial charge in [0.2, 0.25) is 0 Å². The minimum atomic E-state index is -0.168. The summed E-state index contributed by atoms with van der Waals surface area (Å²) in [7, 11) is 5.65. The summed E-state index contributed by atoms with van der Waals surface area (Å²) in [6, 6.07) is 9.83. The maximum Gasteiger partial charge on any atom is 0.191 e. The van der Waals surface area contributed by atoms with Crippen LogP contribution in [0.5, 0.6) is 0 Å². The standard InChI is InChI=1S/C23H34FN5OS/c1-17-15-29(9-10-30-17)21(22-6-5-11-31-22)14-27-23(25-2)26-13-18-7-8-20(24)19(12-18)16-28(3)4/h5-8,11-12,17,21H,9-10,13-16H2,1-4H3,(H2,25,26,27). The maximum atomic E-state index is 14.0. The number of guanidine groups is 1. The first-order valence-corrected chi connectivity index (χ1v) is 11.6. The van der Waals surface area contributed by atoms with Crippen LogP contribution in [0, 0.1) is 5.82 Å². The van der Waals surface area contributed by atoms with Crippen molar-refractivity contribution in [2.75, 3.05) is 47.4 Å². The molecule has 8 heteroatoms. The Kier molecular flexibility index (Phi) is 8.83. The first-order chi connectivity index (χ1) is 15.0. The Labute approximate surface area is 189 Å². The number of nitrogens with one attached hydrogen (secondary N) is 2. The Morgan fingerprint density at radius 1 is 1.35 bits per heavy atom. The third kappa shape index (κ3) is 7.00. The highest BCUT2D eigenvalue weighted by Gasteiger charge is 2.26. The molecule has 31 heavy (non-hydrogen) atoms. The Bertz CT molecular complexity index is 842. The molecular weight excluding hydrogens is 413 g/mol. The minimum absolute atomic E-state index is 0.168. The highest BCUT2D eigenvalue weighted by atomic mass is 32.1. The Hall–Kier alpha value is -2.00. The molecule has 0 bridgehead atoms. The monoisotopic (exact) mass is 447 g/mol. The van der Waals surface area contributed by atoms with Crippen LogP contribution in [-0.2, 0) is 17.8 Å². The van der Waals surface area contributed by atoms with E-state index in [1.54, 1.807) is 24.5 Å². The smallest absolute Gasteiger partial charge is 0.191 e. The van der Waals surface area contributed by atoms with Crippen molar-refractivity contribution in [3.05, 3.63) is 57.5 Å². The molecule has 2 atom stereocenters. The second kappa shape index (κ2) is 11.6. The molecule has 6 nitrogen and oxygen atoms in total. The van der Waals surface area contributed by atoms with Crippen molar-refractivity contribution in [1.82, 2.24) is 20.4 Å². The number of halogens is 1. The van der Waals surface area contributed by atoms with Crippen molar-refractivity contribution < 1.29 is 9.13 Å². The third-order valence-electron chi connectivity index (χ3n) is 5.33. The van der Waals surface area contributed by atoms with E-state index in [0.29, 0.717) is 18.7 Å². The molecule has 170 valence electrons. The highest BCUT2D eigenvalue weighted by molar-refractivity contribution is 7.10.